The van der Waals surface area contributed by atoms with Gasteiger partial charge in [-0.15, -0.1) is 0 Å². The van der Waals surface area contributed by atoms with Crippen LogP contribution in [0.1, 0.15) is 0 Å². The molecule has 4 N–H and O–H groups in total. The molecule has 0 fully saturated rings. The summed E-state index contributed by atoms with van der Waals surface area (Å²) in [6.45, 7) is 0. The molecule has 0 aromatic rings. The predicted molar refractivity (Wildman–Crippen MR) is 27.3 cm³/mol. The van der Waals surface area contributed by atoms with Gasteiger partial charge < -0.3 is 0 Å². The summed E-state index contributed by atoms with van der Waals surface area (Å²) in [5, 5.41) is 0. The van der Waals surface area contributed by atoms with E-state index in [2.05, 4.69) is 0 Å². The Bertz CT molecular complexity index is 219. The second-order valence-electron chi connectivity index (χ2n) is 0.896. The van der Waals surface area contributed by atoms with Gasteiger partial charge in [-0.2, -0.15) is 0 Å². The molecule has 0 saturated heterocycles. The normalized spacial score (nSPS) is 8.92. The van der Waals surface area contributed by atoms with Gasteiger partial charge in [0.15, 0.2) is 0 Å². The Kier molecular flexibility index (Phi) is 32.2. The van der Waals surface area contributed by atoms with Crippen LogP contribution >= 0.6 is 0 Å². The maximum absolute atomic E-state index is 8.82. The fourth-order valence-electron chi connectivity index (χ4n) is 0. The SMILES string of the molecule is [KH].[O]=[Cr](=[O])([OH])[OH].[O]=[Cr](=[O])([OH])[OH].[SrH2].[Zn]. The summed E-state index contributed by atoms with van der Waals surface area (Å²) in [5.41, 5.74) is 0. The van der Waals surface area contributed by atoms with E-state index in [-0.39, 0.29) is 116 Å². The number of hydrogen-bond acceptors (Lipinski definition) is 4. The molecule has 0 unspecified atom stereocenters. The summed E-state index contributed by atoms with van der Waals surface area (Å²) in [5.74, 6) is 0. The number of rotatable bonds is 0. The Hall–Kier alpha value is 3.85. The third-order valence-electron chi connectivity index (χ3n) is 0. The van der Waals surface area contributed by atoms with E-state index in [0.29, 0.717) is 0 Å². The number of hydrogen-bond donors (Lipinski definition) is 4. The summed E-state index contributed by atoms with van der Waals surface area (Å²) < 4.78 is 63.8. The Morgan fingerprint density at radius 3 is 0.692 bits per heavy atom. The van der Waals surface area contributed by atoms with Crippen molar-refractivity contribution in [3.8, 4) is 0 Å². The van der Waals surface area contributed by atoms with Crippen LogP contribution in [0.3, 0.4) is 0 Å². The van der Waals surface area contributed by atoms with Crippen molar-refractivity contribution in [2.45, 2.75) is 0 Å². The van der Waals surface area contributed by atoms with Crippen LogP contribution in [0.2, 0.25) is 0 Å². The van der Waals surface area contributed by atoms with Crippen molar-refractivity contribution in [3.63, 3.8) is 0 Å². The zero-order valence-electron chi connectivity index (χ0n) is 4.95. The van der Waals surface area contributed by atoms with Gasteiger partial charge in [-0.1, -0.05) is 0 Å². The van der Waals surface area contributed by atoms with E-state index < -0.39 is 27.2 Å². The third-order valence-corrected chi connectivity index (χ3v) is 0. The Labute approximate surface area is 171 Å². The first-order chi connectivity index (χ1) is 4.00. The fourth-order valence-corrected chi connectivity index (χ4v) is 0. The van der Waals surface area contributed by atoms with Crippen LogP contribution in [-0.4, -0.2) is 113 Å². The fraction of sp³-hybridized carbons (Fsp3) is 0. The topological polar surface area (TPSA) is 149 Å². The van der Waals surface area contributed by atoms with E-state index >= 15 is 0 Å². The van der Waals surface area contributed by atoms with E-state index in [1.807, 2.05) is 0 Å². The van der Waals surface area contributed by atoms with Crippen LogP contribution in [0.15, 0.2) is 0 Å². The van der Waals surface area contributed by atoms with E-state index in [9.17, 15) is 0 Å². The van der Waals surface area contributed by atoms with Crippen molar-refractivity contribution < 1.29 is 78.6 Å². The Morgan fingerprint density at radius 2 is 0.692 bits per heavy atom. The van der Waals surface area contributed by atoms with E-state index in [1.165, 1.54) is 0 Å². The van der Waals surface area contributed by atoms with Gasteiger partial charge in [-0.05, 0) is 0 Å². The molecule has 0 aromatic carbocycles. The first-order valence-electron chi connectivity index (χ1n) is 1.40. The van der Waals surface area contributed by atoms with Crippen LogP contribution in [0, 0.1) is 0 Å². The van der Waals surface area contributed by atoms with Crippen molar-refractivity contribution in [1.29, 1.82) is 0 Å². The van der Waals surface area contributed by atoms with Crippen LogP contribution in [0.4, 0.5) is 0 Å². The van der Waals surface area contributed by atoms with Crippen LogP contribution in [0.25, 0.3) is 0 Å². The first kappa shape index (κ1) is 30.1. The van der Waals surface area contributed by atoms with Crippen molar-refractivity contribution in [3.05, 3.63) is 0 Å². The minimum Gasteiger partial charge on any atom is 0 e. The van der Waals surface area contributed by atoms with Crippen molar-refractivity contribution in [2.24, 2.45) is 0 Å². The smallest absolute Gasteiger partial charge is 0 e. The zero-order chi connectivity index (χ0) is 9.00. The van der Waals surface area contributed by atoms with Crippen molar-refractivity contribution in [2.75, 3.05) is 0 Å². The molecule has 0 aliphatic heterocycles. The molecule has 0 atom stereocenters. The summed E-state index contributed by atoms with van der Waals surface area (Å²) in [4.78, 5) is 0. The molecular formula is H7Cr2KO8SrZn. The average molecular weight is 431 g/mol. The van der Waals surface area contributed by atoms with Gasteiger partial charge >= 0.3 is 156 Å². The minimum atomic E-state index is -5.25. The molecular weight excluding hydrogens is 424 g/mol. The van der Waals surface area contributed by atoms with E-state index in [1.54, 1.807) is 0 Å². The molecule has 0 amide bonds. The van der Waals surface area contributed by atoms with Crippen molar-refractivity contribution >= 4 is 96.9 Å². The molecule has 0 saturated carbocycles. The monoisotopic (exact) mass is 430 g/mol. The van der Waals surface area contributed by atoms with E-state index in [0.717, 1.165) is 0 Å². The van der Waals surface area contributed by atoms with Gasteiger partial charge in [0.25, 0.3) is 0 Å². The minimum absolute atomic E-state index is 0. The molecule has 0 spiro atoms. The largest absolute Gasteiger partial charge is 0 e. The molecule has 0 bridgehead atoms. The quantitative estimate of drug-likeness (QED) is 0.282. The molecule has 0 heterocycles. The predicted octanol–water partition coefficient (Wildman–Crippen LogP) is -4.28. The summed E-state index contributed by atoms with van der Waals surface area (Å²) in [6, 6.07) is 0. The second-order valence-corrected chi connectivity index (χ2v) is 3.69. The molecule has 0 aromatic heterocycles. The van der Waals surface area contributed by atoms with Crippen molar-refractivity contribution in [1.82, 2.24) is 0 Å². The van der Waals surface area contributed by atoms with Gasteiger partial charge in [0.1, 0.15) is 0 Å². The Morgan fingerprint density at radius 1 is 0.692 bits per heavy atom. The summed E-state index contributed by atoms with van der Waals surface area (Å²) >= 11 is -10.5. The maximum Gasteiger partial charge on any atom is 0 e. The molecule has 72 valence electrons. The first-order valence-corrected chi connectivity index (χ1v) is 5.76. The maximum atomic E-state index is 8.82. The summed E-state index contributed by atoms with van der Waals surface area (Å²) in [6.07, 6.45) is 0. The molecule has 0 radical (unpaired) electrons. The summed E-state index contributed by atoms with van der Waals surface area (Å²) in [7, 11) is 0. The molecule has 0 aliphatic carbocycles. The van der Waals surface area contributed by atoms with Gasteiger partial charge in [0.2, 0.25) is 0 Å². The molecule has 13 heteroatoms. The van der Waals surface area contributed by atoms with Gasteiger partial charge in [0.05, 0.1) is 0 Å². The molecule has 0 rings (SSSR count). The van der Waals surface area contributed by atoms with Gasteiger partial charge in [-0.3, -0.25) is 0 Å². The zero-order valence-corrected chi connectivity index (χ0v) is 10.5. The van der Waals surface area contributed by atoms with E-state index in [4.69, 9.17) is 31.8 Å². The van der Waals surface area contributed by atoms with Gasteiger partial charge in [-0.25, -0.2) is 0 Å². The third kappa shape index (κ3) is 205. The van der Waals surface area contributed by atoms with Crippen LogP contribution < -0.4 is 0 Å². The molecule has 13 heavy (non-hydrogen) atoms. The second kappa shape index (κ2) is 13.9. The van der Waals surface area contributed by atoms with Crippen LogP contribution in [0.5, 0.6) is 0 Å². The molecule has 0 aliphatic rings. The molecule has 8 nitrogen and oxygen atoms in total. The average Bonchev–Trinajstić information content (AvgIpc) is 1.12. The van der Waals surface area contributed by atoms with Crippen LogP contribution in [-0.2, 0) is 61.9 Å². The standard InChI is InChI=1S/2Cr.K.4H2O.4O.Sr.Zn.3H/h;;;4*1H2;;;;;;;;;/q2*+2;;;;;;;;;;;;;;/p-4. The Balaban J connectivity index is -0.0000000267. The van der Waals surface area contributed by atoms with Gasteiger partial charge in [0, 0.05) is 19.5 Å².